The Morgan fingerprint density at radius 2 is 1.65 bits per heavy atom. The van der Waals surface area contributed by atoms with Gasteiger partial charge in [0.25, 0.3) is 0 Å². The third-order valence-corrected chi connectivity index (χ3v) is 4.13. The minimum atomic E-state index is 0.173. The first-order valence-corrected chi connectivity index (χ1v) is 12.1. The smallest absolute Gasteiger partial charge is 0.0622 e. The fourth-order valence-corrected chi connectivity index (χ4v) is 2.26. The summed E-state index contributed by atoms with van der Waals surface area (Å²) in [6.07, 6.45) is 6.73. The normalized spacial score (nSPS) is 11.8. The number of hydrogen-bond acceptors (Lipinski definition) is 2. The molecule has 104 valence electrons. The quantitative estimate of drug-likeness (QED) is 0.264. The molecule has 0 atom stereocenters. The van der Waals surface area contributed by atoms with Crippen LogP contribution >= 0.6 is 97.9 Å². The molecule has 0 aliphatic rings. The summed E-state index contributed by atoms with van der Waals surface area (Å²) in [4.78, 5) is 0. The number of aliphatic hydroxyl groups is 1. The van der Waals surface area contributed by atoms with Crippen molar-refractivity contribution in [3.05, 3.63) is 19.3 Å². The minimum absolute atomic E-state index is 0.173. The van der Waals surface area contributed by atoms with Crippen LogP contribution in [0.4, 0.5) is 0 Å². The van der Waals surface area contributed by atoms with Crippen LogP contribution in [0.2, 0.25) is 0 Å². The van der Waals surface area contributed by atoms with Gasteiger partial charge < -0.3 is 5.11 Å². The molecule has 1 N–H and O–H groups in total. The van der Waals surface area contributed by atoms with Gasteiger partial charge in [-0.2, -0.15) is 0 Å². The highest BCUT2D eigenvalue weighted by Crippen LogP contribution is 2.09. The minimum Gasteiger partial charge on any atom is -0.392 e. The lowest BCUT2D eigenvalue weighted by Crippen LogP contribution is -1.72. The van der Waals surface area contributed by atoms with Crippen LogP contribution in [0.1, 0.15) is 28.1 Å². The highest BCUT2D eigenvalue weighted by Gasteiger charge is 1.80. The second-order valence-corrected chi connectivity index (χ2v) is 8.19. The summed E-state index contributed by atoms with van der Waals surface area (Å²) in [5.41, 5.74) is 0. The van der Waals surface area contributed by atoms with E-state index in [1.54, 1.807) is 6.08 Å². The lowest BCUT2D eigenvalue weighted by atomic mass is 10.4. The molecule has 1 nitrogen and oxygen atoms in total. The Labute approximate surface area is 165 Å². The summed E-state index contributed by atoms with van der Waals surface area (Å²) in [7, 11) is 1.49. The zero-order valence-electron chi connectivity index (χ0n) is 11.1. The fraction of sp³-hybridized carbons (Fsp3) is 0.636. The van der Waals surface area contributed by atoms with E-state index in [9.17, 15) is 0 Å². The Balaban J connectivity index is -0.000000196. The van der Waals surface area contributed by atoms with Crippen molar-refractivity contribution in [2.45, 2.75) is 26.7 Å². The van der Waals surface area contributed by atoms with Gasteiger partial charge in [-0.15, -0.1) is 0 Å². The lowest BCUT2D eigenvalue weighted by Gasteiger charge is -1.85. The zero-order chi connectivity index (χ0) is 14.8. The van der Waals surface area contributed by atoms with Gasteiger partial charge in [0, 0.05) is 5.80 Å². The SMILES string of the molecule is CC/C(I)=C/CI.CC/C(I)=C/CO.[3H]CSI. The Morgan fingerprint density at radius 1 is 1.24 bits per heavy atom. The molecule has 0 saturated carbocycles. The van der Waals surface area contributed by atoms with E-state index in [-0.39, 0.29) is 6.61 Å². The van der Waals surface area contributed by atoms with Crippen molar-refractivity contribution in [2.75, 3.05) is 17.3 Å². The molecule has 0 aliphatic heterocycles. The summed E-state index contributed by atoms with van der Waals surface area (Å²) in [6.45, 7) is 4.41. The van der Waals surface area contributed by atoms with E-state index < -0.39 is 0 Å². The van der Waals surface area contributed by atoms with Crippen LogP contribution < -0.4 is 0 Å². The first kappa shape index (κ1) is 22.0. The fourth-order valence-electron chi connectivity index (χ4n) is 0.471. The highest BCUT2D eigenvalue weighted by atomic mass is 127. The van der Waals surface area contributed by atoms with Crippen LogP contribution in [-0.2, 0) is 0 Å². The number of aliphatic hydroxyl groups excluding tert-OH is 1. The summed E-state index contributed by atoms with van der Waals surface area (Å²) < 4.78 is 10.2. The molecule has 0 aromatic rings. The largest absolute Gasteiger partial charge is 0.392 e. The van der Waals surface area contributed by atoms with Crippen molar-refractivity contribution in [3.8, 4) is 0 Å². The van der Waals surface area contributed by atoms with Crippen molar-refractivity contribution >= 4 is 97.9 Å². The summed E-state index contributed by atoms with van der Waals surface area (Å²) >= 11 is 8.99. The van der Waals surface area contributed by atoms with Crippen molar-refractivity contribution < 1.29 is 6.48 Å². The molecule has 0 spiro atoms. The maximum atomic E-state index is 8.29. The molecule has 0 aromatic heterocycles. The molecule has 0 rings (SSSR count). The summed E-state index contributed by atoms with van der Waals surface area (Å²) in [5.74, 6) is 0. The van der Waals surface area contributed by atoms with Crippen molar-refractivity contribution in [3.63, 3.8) is 0 Å². The number of halogens is 4. The molecule has 0 aromatic carbocycles. The zero-order valence-corrected chi connectivity index (χ0v) is 19.5. The summed E-state index contributed by atoms with van der Waals surface area (Å²) in [6, 6.07) is 0. The average Bonchev–Trinajstić information content (AvgIpc) is 2.40. The van der Waals surface area contributed by atoms with Gasteiger partial charge in [-0.05, 0) is 98.7 Å². The predicted octanol–water partition coefficient (Wildman–Crippen LogP) is 6.56. The maximum absolute atomic E-state index is 8.29. The molecule has 0 heterocycles. The molecular formula is C11H20I4OS. The number of alkyl halides is 1. The molecule has 0 unspecified atom stereocenters. The van der Waals surface area contributed by atoms with E-state index in [1.165, 1.54) is 22.5 Å². The van der Waals surface area contributed by atoms with E-state index in [2.05, 4.69) is 109 Å². The third kappa shape index (κ3) is 32.3. The molecule has 0 radical (unpaired) electrons. The van der Waals surface area contributed by atoms with Crippen LogP contribution in [0.25, 0.3) is 0 Å². The van der Waals surface area contributed by atoms with Gasteiger partial charge in [-0.1, -0.05) is 51.4 Å². The monoisotopic (exact) mass is 710 g/mol. The highest BCUT2D eigenvalue weighted by molar-refractivity contribution is 14.2. The predicted molar refractivity (Wildman–Crippen MR) is 118 cm³/mol. The van der Waals surface area contributed by atoms with Crippen LogP contribution in [0, 0.1) is 0 Å². The van der Waals surface area contributed by atoms with E-state index in [0.717, 1.165) is 10.8 Å². The third-order valence-electron chi connectivity index (χ3n) is 1.29. The van der Waals surface area contributed by atoms with Gasteiger partial charge in [-0.3, -0.25) is 0 Å². The topological polar surface area (TPSA) is 20.2 Å². The Morgan fingerprint density at radius 3 is 1.76 bits per heavy atom. The van der Waals surface area contributed by atoms with Gasteiger partial charge >= 0.3 is 0 Å². The molecule has 0 saturated heterocycles. The first-order valence-electron chi connectivity index (χ1n) is 5.63. The molecule has 0 fully saturated rings. The Hall–Kier alpha value is 2.71. The van der Waals surface area contributed by atoms with E-state index in [1.807, 2.05) is 0 Å². The number of rotatable bonds is 4. The van der Waals surface area contributed by atoms with Crippen molar-refractivity contribution in [2.24, 2.45) is 0 Å². The second kappa shape index (κ2) is 23.8. The van der Waals surface area contributed by atoms with E-state index in [4.69, 9.17) is 6.48 Å². The summed E-state index contributed by atoms with van der Waals surface area (Å²) in [5, 5.41) is 8.29. The Kier molecular flexibility index (Phi) is 30.8. The lowest BCUT2D eigenvalue weighted by molar-refractivity contribution is 0.342. The Bertz CT molecular complexity index is 191. The maximum Gasteiger partial charge on any atom is 0.0622 e. The van der Waals surface area contributed by atoms with Crippen molar-refractivity contribution in [1.29, 1.82) is 0 Å². The molecule has 17 heavy (non-hydrogen) atoms. The average molecular weight is 710 g/mol. The van der Waals surface area contributed by atoms with Gasteiger partial charge in [-0.25, -0.2) is 0 Å². The number of hydrogen-bond donors (Lipinski definition) is 1. The van der Waals surface area contributed by atoms with Crippen LogP contribution in [0.5, 0.6) is 0 Å². The van der Waals surface area contributed by atoms with E-state index >= 15 is 0 Å². The molecule has 6 heteroatoms. The van der Waals surface area contributed by atoms with Crippen LogP contribution in [-0.4, -0.2) is 22.4 Å². The van der Waals surface area contributed by atoms with E-state index in [0.29, 0.717) is 6.23 Å². The molecule has 0 aliphatic carbocycles. The standard InChI is InChI=1S/C5H8I2.C5H9IO.CH3IS/c1-2-5(7)3-4-6;1-2-5(6)3-4-7;1-3-2/h3H,2,4H2,1H3;3,7H,2,4H2,1H3;1H3/b2*5-3-;/i;;1T. The number of allylic oxidation sites excluding steroid dienone is 3. The van der Waals surface area contributed by atoms with Gasteiger partial charge in [0.2, 0.25) is 0 Å². The van der Waals surface area contributed by atoms with Gasteiger partial charge in [0.1, 0.15) is 0 Å². The molecule has 0 amide bonds. The van der Waals surface area contributed by atoms with Crippen LogP contribution in [0.3, 0.4) is 0 Å². The first-order chi connectivity index (χ1) is 8.53. The van der Waals surface area contributed by atoms with Crippen molar-refractivity contribution in [1.82, 2.24) is 0 Å². The molecule has 0 bridgehead atoms. The van der Waals surface area contributed by atoms with Gasteiger partial charge in [0.05, 0.1) is 6.61 Å². The van der Waals surface area contributed by atoms with Gasteiger partial charge in [0.15, 0.2) is 0 Å². The van der Waals surface area contributed by atoms with Crippen LogP contribution in [0.15, 0.2) is 19.3 Å². The molecular weight excluding hydrogens is 688 g/mol. The second-order valence-electron chi connectivity index (χ2n) is 2.46.